The lowest BCUT2D eigenvalue weighted by Crippen LogP contribution is -2.00. The lowest BCUT2D eigenvalue weighted by atomic mass is 9.99. The van der Waals surface area contributed by atoms with Crippen LogP contribution in [0.1, 0.15) is 23.3 Å². The summed E-state index contributed by atoms with van der Waals surface area (Å²) in [5.41, 5.74) is 7.19. The molecule has 0 atom stereocenters. The highest BCUT2D eigenvalue weighted by atomic mass is 32.2. The van der Waals surface area contributed by atoms with Crippen LogP contribution in [0.15, 0.2) is 11.2 Å². The van der Waals surface area contributed by atoms with Crippen LogP contribution in [0.2, 0.25) is 0 Å². The topological polar surface area (TPSA) is 64.7 Å². The van der Waals surface area contributed by atoms with E-state index in [0.29, 0.717) is 16.9 Å². The number of anilines is 1. The molecule has 2 aromatic heterocycles. The third kappa shape index (κ3) is 2.22. The molecule has 0 spiro atoms. The van der Waals surface area contributed by atoms with E-state index in [4.69, 9.17) is 5.73 Å². The fourth-order valence-corrected chi connectivity index (χ4v) is 3.72. The maximum absolute atomic E-state index is 5.72. The van der Waals surface area contributed by atoms with Crippen LogP contribution < -0.4 is 5.73 Å². The summed E-state index contributed by atoms with van der Waals surface area (Å²) in [6.45, 7) is 0. The molecule has 2 heterocycles. The summed E-state index contributed by atoms with van der Waals surface area (Å²) in [6, 6.07) is 2.22. The van der Waals surface area contributed by atoms with Crippen molar-refractivity contribution in [2.75, 3.05) is 12.0 Å². The number of nitrogen functional groups attached to an aromatic ring is 1. The summed E-state index contributed by atoms with van der Waals surface area (Å²) < 4.78 is 0. The summed E-state index contributed by atoms with van der Waals surface area (Å²) in [4.78, 5) is 15.4. The molecule has 0 aromatic carbocycles. The summed E-state index contributed by atoms with van der Waals surface area (Å²) in [6.07, 6.45) is 6.90. The summed E-state index contributed by atoms with van der Waals surface area (Å²) in [5.74, 6) is 1.02. The molecule has 0 amide bonds. The zero-order valence-corrected chi connectivity index (χ0v) is 11.8. The Morgan fingerprint density at radius 1 is 1.22 bits per heavy atom. The number of thioether (sulfide) groups is 1. The first-order valence-electron chi connectivity index (χ1n) is 5.94. The molecule has 1 aliphatic carbocycles. The van der Waals surface area contributed by atoms with Crippen LogP contribution in [0.3, 0.4) is 0 Å². The number of thiophene rings is 1. The normalized spacial score (nSPS) is 14.5. The van der Waals surface area contributed by atoms with Gasteiger partial charge in [-0.25, -0.2) is 4.98 Å². The van der Waals surface area contributed by atoms with Gasteiger partial charge in [0.2, 0.25) is 5.95 Å². The van der Waals surface area contributed by atoms with Gasteiger partial charge in [-0.2, -0.15) is 9.97 Å². The van der Waals surface area contributed by atoms with Crippen LogP contribution in [-0.4, -0.2) is 21.2 Å². The molecule has 4 nitrogen and oxygen atoms in total. The highest BCUT2D eigenvalue weighted by molar-refractivity contribution is 7.98. The van der Waals surface area contributed by atoms with Gasteiger partial charge in [-0.05, 0) is 43.6 Å². The zero-order chi connectivity index (χ0) is 12.5. The number of aromatic nitrogens is 3. The van der Waals surface area contributed by atoms with Crippen molar-refractivity contribution in [1.82, 2.24) is 15.0 Å². The van der Waals surface area contributed by atoms with Gasteiger partial charge in [-0.15, -0.1) is 11.3 Å². The first kappa shape index (κ1) is 11.9. The van der Waals surface area contributed by atoms with Crippen molar-refractivity contribution >= 4 is 29.0 Å². The standard InChI is InChI=1S/C12H14N4S2/c1-17-12-15-10(14-11(13)16-12)9-6-7-4-2-3-5-8(7)18-9/h6H,2-5H2,1H3,(H2,13,14,15,16). The lowest BCUT2D eigenvalue weighted by molar-refractivity contribution is 0.697. The maximum atomic E-state index is 5.72. The van der Waals surface area contributed by atoms with Gasteiger partial charge >= 0.3 is 0 Å². The van der Waals surface area contributed by atoms with E-state index in [1.54, 1.807) is 11.3 Å². The van der Waals surface area contributed by atoms with Crippen LogP contribution in [0.5, 0.6) is 0 Å². The Bertz CT molecular complexity index is 556. The van der Waals surface area contributed by atoms with Crippen LogP contribution in [0.4, 0.5) is 5.95 Å². The average Bonchev–Trinajstić information content (AvgIpc) is 2.81. The van der Waals surface area contributed by atoms with Gasteiger partial charge in [-0.1, -0.05) is 11.8 Å². The second kappa shape index (κ2) is 4.85. The molecule has 0 saturated carbocycles. The Kier molecular flexibility index (Phi) is 3.22. The highest BCUT2D eigenvalue weighted by Gasteiger charge is 2.16. The summed E-state index contributed by atoms with van der Waals surface area (Å²) in [5, 5.41) is 0.684. The van der Waals surface area contributed by atoms with Gasteiger partial charge in [0.25, 0.3) is 0 Å². The van der Waals surface area contributed by atoms with E-state index in [1.807, 2.05) is 6.26 Å². The largest absolute Gasteiger partial charge is 0.368 e. The molecule has 0 unspecified atom stereocenters. The van der Waals surface area contributed by atoms with E-state index in [-0.39, 0.29) is 0 Å². The van der Waals surface area contributed by atoms with Crippen molar-refractivity contribution in [2.24, 2.45) is 0 Å². The fourth-order valence-electron chi connectivity index (χ4n) is 2.17. The van der Waals surface area contributed by atoms with E-state index in [0.717, 1.165) is 4.88 Å². The molecule has 0 aliphatic heterocycles. The molecule has 1 aliphatic rings. The molecule has 3 rings (SSSR count). The Hall–Kier alpha value is -1.14. The van der Waals surface area contributed by atoms with Crippen molar-refractivity contribution < 1.29 is 0 Å². The molecule has 2 aromatic rings. The Morgan fingerprint density at radius 2 is 2.06 bits per heavy atom. The van der Waals surface area contributed by atoms with Gasteiger partial charge in [0, 0.05) is 4.88 Å². The van der Waals surface area contributed by atoms with Crippen LogP contribution in [0, 0.1) is 0 Å². The van der Waals surface area contributed by atoms with Crippen molar-refractivity contribution in [3.8, 4) is 10.7 Å². The van der Waals surface area contributed by atoms with E-state index >= 15 is 0 Å². The molecular weight excluding hydrogens is 264 g/mol. The Morgan fingerprint density at radius 3 is 2.83 bits per heavy atom. The van der Waals surface area contributed by atoms with E-state index in [9.17, 15) is 0 Å². The number of hydrogen-bond donors (Lipinski definition) is 1. The number of fused-ring (bicyclic) bond motifs is 1. The maximum Gasteiger partial charge on any atom is 0.224 e. The van der Waals surface area contributed by atoms with Gasteiger partial charge in [0.15, 0.2) is 11.0 Å². The Labute approximate surface area is 114 Å². The van der Waals surface area contributed by atoms with Gasteiger partial charge in [0.05, 0.1) is 4.88 Å². The van der Waals surface area contributed by atoms with Crippen LogP contribution >= 0.6 is 23.1 Å². The minimum absolute atomic E-state index is 0.302. The first-order chi connectivity index (χ1) is 8.76. The van der Waals surface area contributed by atoms with Crippen molar-refractivity contribution in [1.29, 1.82) is 0 Å². The van der Waals surface area contributed by atoms with E-state index in [1.165, 1.54) is 47.9 Å². The molecule has 94 valence electrons. The lowest BCUT2D eigenvalue weighted by Gasteiger charge is -2.08. The summed E-state index contributed by atoms with van der Waals surface area (Å²) >= 11 is 3.29. The van der Waals surface area contributed by atoms with Crippen LogP contribution in [-0.2, 0) is 12.8 Å². The zero-order valence-electron chi connectivity index (χ0n) is 10.1. The van der Waals surface area contributed by atoms with Gasteiger partial charge in [-0.3, -0.25) is 0 Å². The Balaban J connectivity index is 2.03. The second-order valence-corrected chi connectivity index (χ2v) is 6.18. The van der Waals surface area contributed by atoms with Crippen molar-refractivity contribution in [2.45, 2.75) is 30.8 Å². The molecule has 0 bridgehead atoms. The third-order valence-corrected chi connectivity index (χ3v) is 4.81. The minimum Gasteiger partial charge on any atom is -0.368 e. The quantitative estimate of drug-likeness (QED) is 0.856. The molecule has 2 N–H and O–H groups in total. The van der Waals surface area contributed by atoms with Crippen molar-refractivity contribution in [3.05, 3.63) is 16.5 Å². The van der Waals surface area contributed by atoms with E-state index in [2.05, 4.69) is 21.0 Å². The molecule has 0 saturated heterocycles. The minimum atomic E-state index is 0.302. The van der Waals surface area contributed by atoms with Gasteiger partial charge < -0.3 is 5.73 Å². The third-order valence-electron chi connectivity index (χ3n) is 3.03. The number of aryl methyl sites for hydroxylation is 2. The predicted molar refractivity (Wildman–Crippen MR) is 76.0 cm³/mol. The van der Waals surface area contributed by atoms with Gasteiger partial charge in [0.1, 0.15) is 0 Å². The summed E-state index contributed by atoms with van der Waals surface area (Å²) in [7, 11) is 0. The highest BCUT2D eigenvalue weighted by Crippen LogP contribution is 2.34. The van der Waals surface area contributed by atoms with Crippen LogP contribution in [0.25, 0.3) is 10.7 Å². The molecule has 18 heavy (non-hydrogen) atoms. The molecule has 0 fully saturated rings. The SMILES string of the molecule is CSc1nc(N)nc(-c2cc3c(s2)CCCC3)n1. The molecule has 0 radical (unpaired) electrons. The number of nitrogens with two attached hydrogens (primary N) is 1. The second-order valence-electron chi connectivity index (χ2n) is 4.27. The van der Waals surface area contributed by atoms with E-state index < -0.39 is 0 Å². The first-order valence-corrected chi connectivity index (χ1v) is 7.98. The number of hydrogen-bond acceptors (Lipinski definition) is 6. The van der Waals surface area contributed by atoms with Crippen molar-refractivity contribution in [3.63, 3.8) is 0 Å². The average molecular weight is 278 g/mol. The monoisotopic (exact) mass is 278 g/mol. The smallest absolute Gasteiger partial charge is 0.224 e. The number of rotatable bonds is 2. The predicted octanol–water partition coefficient (Wildman–Crippen LogP) is 2.78. The fraction of sp³-hybridized carbons (Fsp3) is 0.417. The number of nitrogens with zero attached hydrogens (tertiary/aromatic N) is 3. The molecule has 6 heteroatoms. The molecular formula is C12H14N4S2.